The fraction of sp³-hybridized carbons (Fsp3) is 0.389. The molecule has 0 aromatic heterocycles. The minimum absolute atomic E-state index is 0.149. The number of fused-ring (bicyclic) bond motifs is 1. The van der Waals surface area contributed by atoms with Gasteiger partial charge in [-0.25, -0.2) is 9.18 Å². The molecule has 0 spiro atoms. The van der Waals surface area contributed by atoms with Gasteiger partial charge in [0.15, 0.2) is 0 Å². The first-order valence-corrected chi connectivity index (χ1v) is 8.29. The van der Waals surface area contributed by atoms with E-state index in [2.05, 4.69) is 0 Å². The van der Waals surface area contributed by atoms with Gasteiger partial charge >= 0.3 is 6.09 Å². The highest BCUT2D eigenvalue weighted by Gasteiger charge is 2.50. The number of piperidine rings is 1. The Balaban J connectivity index is 1.92. The minimum Gasteiger partial charge on any atom is -0.443 e. The van der Waals surface area contributed by atoms with E-state index in [4.69, 9.17) is 4.74 Å². The summed E-state index contributed by atoms with van der Waals surface area (Å²) in [5, 5.41) is 0. The van der Waals surface area contributed by atoms with E-state index in [1.54, 1.807) is 20.8 Å². The van der Waals surface area contributed by atoms with E-state index < -0.39 is 52.7 Å². The zero-order valence-electron chi connectivity index (χ0n) is 14.9. The summed E-state index contributed by atoms with van der Waals surface area (Å²) in [6.45, 7) is 4.69. The molecule has 142 valence electrons. The van der Waals surface area contributed by atoms with Crippen molar-refractivity contribution in [2.75, 3.05) is 0 Å². The van der Waals surface area contributed by atoms with Crippen LogP contribution in [0.25, 0.3) is 0 Å². The van der Waals surface area contributed by atoms with E-state index in [0.29, 0.717) is 9.80 Å². The van der Waals surface area contributed by atoms with Gasteiger partial charge in [-0.1, -0.05) is 6.07 Å². The smallest absolute Gasteiger partial charge is 0.424 e. The van der Waals surface area contributed by atoms with Crippen LogP contribution >= 0.6 is 0 Å². The van der Waals surface area contributed by atoms with Crippen molar-refractivity contribution >= 4 is 29.7 Å². The van der Waals surface area contributed by atoms with Crippen LogP contribution in [0.5, 0.6) is 0 Å². The molecule has 27 heavy (non-hydrogen) atoms. The molecule has 1 fully saturated rings. The number of imide groups is 4. The second-order valence-corrected chi connectivity index (χ2v) is 7.24. The summed E-state index contributed by atoms with van der Waals surface area (Å²) in [7, 11) is 0. The summed E-state index contributed by atoms with van der Waals surface area (Å²) >= 11 is 0. The molecule has 8 nitrogen and oxygen atoms in total. The quantitative estimate of drug-likeness (QED) is 0.694. The SMILES string of the molecule is CC(C)(C)OC(=O)N1C(=O)CCC(N2C(=O)c3cccc(F)c3C2=O)C1=O. The number of hydrogen-bond acceptors (Lipinski definition) is 6. The first kappa shape index (κ1) is 18.7. The van der Waals surface area contributed by atoms with Crippen molar-refractivity contribution in [2.45, 2.75) is 45.3 Å². The molecule has 1 aromatic rings. The van der Waals surface area contributed by atoms with E-state index in [0.717, 1.165) is 6.07 Å². The van der Waals surface area contributed by atoms with Gasteiger partial charge in [0.1, 0.15) is 17.5 Å². The molecule has 1 unspecified atom stereocenters. The van der Waals surface area contributed by atoms with E-state index in [1.807, 2.05) is 0 Å². The molecule has 2 aliphatic heterocycles. The monoisotopic (exact) mass is 376 g/mol. The van der Waals surface area contributed by atoms with Crippen molar-refractivity contribution in [2.24, 2.45) is 0 Å². The van der Waals surface area contributed by atoms with Crippen LogP contribution in [-0.2, 0) is 14.3 Å². The summed E-state index contributed by atoms with van der Waals surface area (Å²) in [5.41, 5.74) is -1.53. The van der Waals surface area contributed by atoms with Gasteiger partial charge in [-0.05, 0) is 39.3 Å². The van der Waals surface area contributed by atoms with E-state index in [1.165, 1.54) is 12.1 Å². The van der Waals surface area contributed by atoms with Crippen LogP contribution in [0.4, 0.5) is 9.18 Å². The number of amides is 5. The van der Waals surface area contributed by atoms with Gasteiger partial charge in [0.2, 0.25) is 5.91 Å². The molecular weight excluding hydrogens is 359 g/mol. The number of benzene rings is 1. The lowest BCUT2D eigenvalue weighted by Gasteiger charge is -2.34. The molecule has 1 atom stereocenters. The number of carbonyl (C=O) groups is 5. The summed E-state index contributed by atoms with van der Waals surface area (Å²) in [5.74, 6) is -4.52. The second-order valence-electron chi connectivity index (χ2n) is 7.24. The van der Waals surface area contributed by atoms with Crippen LogP contribution in [0, 0.1) is 5.82 Å². The summed E-state index contributed by atoms with van der Waals surface area (Å²) in [4.78, 5) is 63.1. The van der Waals surface area contributed by atoms with Gasteiger partial charge in [0.05, 0.1) is 11.1 Å². The Hall–Kier alpha value is -3.10. The van der Waals surface area contributed by atoms with Crippen molar-refractivity contribution in [3.05, 3.63) is 35.1 Å². The summed E-state index contributed by atoms with van der Waals surface area (Å²) in [6, 6.07) is 2.21. The van der Waals surface area contributed by atoms with E-state index in [-0.39, 0.29) is 18.4 Å². The number of likely N-dealkylation sites (tertiary alicyclic amines) is 1. The number of hydrogen-bond donors (Lipinski definition) is 0. The molecule has 5 amide bonds. The van der Waals surface area contributed by atoms with Gasteiger partial charge < -0.3 is 4.74 Å². The largest absolute Gasteiger partial charge is 0.443 e. The Bertz CT molecular complexity index is 888. The maximum Gasteiger partial charge on any atom is 0.424 e. The average molecular weight is 376 g/mol. The molecular formula is C18H17FN2O6. The average Bonchev–Trinajstić information content (AvgIpc) is 2.79. The first-order valence-electron chi connectivity index (χ1n) is 8.29. The van der Waals surface area contributed by atoms with Crippen LogP contribution in [0.1, 0.15) is 54.3 Å². The number of halogens is 1. The third-order valence-electron chi connectivity index (χ3n) is 4.17. The molecule has 3 rings (SSSR count). The van der Waals surface area contributed by atoms with Gasteiger partial charge in [-0.2, -0.15) is 4.90 Å². The van der Waals surface area contributed by atoms with Crippen LogP contribution in [0.2, 0.25) is 0 Å². The first-order chi connectivity index (χ1) is 12.5. The van der Waals surface area contributed by atoms with Crippen LogP contribution in [-0.4, -0.2) is 51.2 Å². The molecule has 1 aromatic carbocycles. The maximum atomic E-state index is 14.0. The molecule has 1 saturated heterocycles. The molecule has 2 aliphatic rings. The Morgan fingerprint density at radius 1 is 1.15 bits per heavy atom. The summed E-state index contributed by atoms with van der Waals surface area (Å²) < 4.78 is 19.0. The molecule has 0 N–H and O–H groups in total. The van der Waals surface area contributed by atoms with Gasteiger partial charge in [0, 0.05) is 6.42 Å². The van der Waals surface area contributed by atoms with Crippen LogP contribution in [0.15, 0.2) is 18.2 Å². The number of rotatable bonds is 1. The van der Waals surface area contributed by atoms with Gasteiger partial charge in [-0.15, -0.1) is 0 Å². The molecule has 2 heterocycles. The number of carbonyl (C=O) groups excluding carboxylic acids is 5. The number of ether oxygens (including phenoxy) is 1. The highest BCUT2D eigenvalue weighted by Crippen LogP contribution is 2.31. The van der Waals surface area contributed by atoms with Crippen molar-refractivity contribution in [3.8, 4) is 0 Å². The zero-order valence-corrected chi connectivity index (χ0v) is 14.9. The Labute approximate surface area is 153 Å². The second kappa shape index (κ2) is 6.26. The van der Waals surface area contributed by atoms with E-state index in [9.17, 15) is 28.4 Å². The predicted octanol–water partition coefficient (Wildman–Crippen LogP) is 1.87. The Kier molecular flexibility index (Phi) is 4.33. The molecule has 0 saturated carbocycles. The lowest BCUT2D eigenvalue weighted by molar-refractivity contribution is -0.149. The van der Waals surface area contributed by atoms with Gasteiger partial charge in [-0.3, -0.25) is 24.1 Å². The van der Waals surface area contributed by atoms with E-state index >= 15 is 0 Å². The normalized spacial score (nSPS) is 20.2. The standard InChI is InChI=1S/C18H17FN2O6/c1-18(2,3)27-17(26)21-12(22)8-7-11(15(21)24)20-14(23)9-5-4-6-10(19)13(9)16(20)25/h4-6,11H,7-8H2,1-3H3. The predicted molar refractivity (Wildman–Crippen MR) is 88.0 cm³/mol. The van der Waals surface area contributed by atoms with Crippen molar-refractivity contribution in [3.63, 3.8) is 0 Å². The van der Waals surface area contributed by atoms with Crippen molar-refractivity contribution < 1.29 is 33.1 Å². The highest BCUT2D eigenvalue weighted by molar-refractivity contribution is 6.24. The lowest BCUT2D eigenvalue weighted by atomic mass is 10.0. The molecule has 0 radical (unpaired) electrons. The fourth-order valence-corrected chi connectivity index (χ4v) is 3.05. The maximum absolute atomic E-state index is 14.0. The Morgan fingerprint density at radius 3 is 2.41 bits per heavy atom. The van der Waals surface area contributed by atoms with Crippen LogP contribution in [0.3, 0.4) is 0 Å². The highest BCUT2D eigenvalue weighted by atomic mass is 19.1. The zero-order chi connectivity index (χ0) is 20.1. The summed E-state index contributed by atoms with van der Waals surface area (Å²) in [6.07, 6.45) is -1.57. The lowest BCUT2D eigenvalue weighted by Crippen LogP contribution is -2.58. The fourth-order valence-electron chi connectivity index (χ4n) is 3.05. The molecule has 0 bridgehead atoms. The third-order valence-corrected chi connectivity index (χ3v) is 4.17. The van der Waals surface area contributed by atoms with Crippen molar-refractivity contribution in [1.82, 2.24) is 9.80 Å². The van der Waals surface area contributed by atoms with Gasteiger partial charge in [0.25, 0.3) is 17.7 Å². The minimum atomic E-state index is -1.39. The van der Waals surface area contributed by atoms with Crippen molar-refractivity contribution in [1.29, 1.82) is 0 Å². The topological polar surface area (TPSA) is 101 Å². The molecule has 9 heteroatoms. The number of nitrogens with zero attached hydrogens (tertiary/aromatic N) is 2. The molecule has 0 aliphatic carbocycles. The third kappa shape index (κ3) is 3.09. The van der Waals surface area contributed by atoms with Crippen LogP contribution < -0.4 is 0 Å². The Morgan fingerprint density at radius 2 is 1.81 bits per heavy atom.